The van der Waals surface area contributed by atoms with Crippen molar-refractivity contribution in [3.05, 3.63) is 0 Å². The number of phosphoric ester groups is 1. The van der Waals surface area contributed by atoms with Crippen LogP contribution in [0.25, 0.3) is 0 Å². The predicted molar refractivity (Wildman–Crippen MR) is 89.6 cm³/mol. The van der Waals surface area contributed by atoms with Crippen molar-refractivity contribution in [1.82, 2.24) is 0 Å². The molecule has 0 amide bonds. The molecule has 0 aromatic heterocycles. The summed E-state index contributed by atoms with van der Waals surface area (Å²) in [7, 11) is -4.82. The van der Waals surface area contributed by atoms with Gasteiger partial charge in [-0.25, -0.2) is 0 Å². The zero-order valence-electron chi connectivity index (χ0n) is 14.6. The average molecular weight is 345 g/mol. The molecular weight excluding hydrogens is 311 g/mol. The van der Waals surface area contributed by atoms with Crippen molar-refractivity contribution < 1.29 is 18.9 Å². The van der Waals surface area contributed by atoms with Gasteiger partial charge in [0.25, 0.3) is 0 Å². The van der Waals surface area contributed by atoms with E-state index < -0.39 is 7.82 Å². The molecule has 0 radical (unpaired) electrons. The van der Waals surface area contributed by atoms with Crippen LogP contribution in [0.3, 0.4) is 0 Å². The topological polar surface area (TPSA) is 72.4 Å². The number of phosphoric acid groups is 1. The van der Waals surface area contributed by atoms with Gasteiger partial charge in [-0.05, 0) is 18.8 Å². The molecule has 128 valence electrons. The fraction of sp³-hybridized carbons (Fsp3) is 1.00. The second kappa shape index (κ2) is 16.7. The van der Waals surface area contributed by atoms with E-state index in [1.807, 2.05) is 0 Å². The van der Waals surface area contributed by atoms with Gasteiger partial charge in [-0.1, -0.05) is 78.1 Å². The first-order valence-corrected chi connectivity index (χ1v) is 10.1. The Morgan fingerprint density at radius 2 is 1.23 bits per heavy atom. The third kappa shape index (κ3) is 18.9. The smallest absolute Gasteiger partial charge is 0.790 e. The van der Waals surface area contributed by atoms with Crippen LogP contribution in [0.4, 0.5) is 0 Å². The number of rotatable bonds is 15. The van der Waals surface area contributed by atoms with E-state index in [1.54, 1.807) is 0 Å². The zero-order valence-corrected chi connectivity index (χ0v) is 16.9. The van der Waals surface area contributed by atoms with E-state index in [2.05, 4.69) is 18.4 Å². The fourth-order valence-corrected chi connectivity index (χ4v) is 2.97. The Morgan fingerprint density at radius 3 is 1.68 bits per heavy atom. The number of unbranched alkanes of at least 4 members (excludes halogenated alkanes) is 8. The average Bonchev–Trinajstić information content (AvgIpc) is 2.42. The molecular formula is C16H33MgO4P. The summed E-state index contributed by atoms with van der Waals surface area (Å²) in [5.41, 5.74) is 0. The second-order valence-electron chi connectivity index (χ2n) is 6.01. The summed E-state index contributed by atoms with van der Waals surface area (Å²) in [4.78, 5) is 21.2. The normalized spacial score (nSPS) is 12.9. The summed E-state index contributed by atoms with van der Waals surface area (Å²) in [5.74, 6) is 0.212. The first-order valence-electron chi connectivity index (χ1n) is 8.66. The van der Waals surface area contributed by atoms with E-state index in [0.717, 1.165) is 25.7 Å². The van der Waals surface area contributed by atoms with E-state index in [0.29, 0.717) is 0 Å². The van der Waals surface area contributed by atoms with Crippen LogP contribution < -0.4 is 9.79 Å². The van der Waals surface area contributed by atoms with E-state index in [-0.39, 0.29) is 35.6 Å². The SMILES string of the molecule is CCCCCCCCC(CCCCCC)COP(=O)([O-])[O-].[Mg+2]. The monoisotopic (exact) mass is 344 g/mol. The Labute approximate surface area is 153 Å². The Balaban J connectivity index is 0. The third-order valence-corrected chi connectivity index (χ3v) is 4.37. The third-order valence-electron chi connectivity index (χ3n) is 3.90. The first-order chi connectivity index (χ1) is 9.99. The van der Waals surface area contributed by atoms with E-state index in [4.69, 9.17) is 0 Å². The molecule has 0 aromatic carbocycles. The molecule has 22 heavy (non-hydrogen) atoms. The van der Waals surface area contributed by atoms with Gasteiger partial charge in [-0.2, -0.15) is 0 Å². The second-order valence-corrected chi connectivity index (χ2v) is 7.17. The summed E-state index contributed by atoms with van der Waals surface area (Å²) in [6.45, 7) is 4.45. The van der Waals surface area contributed by atoms with Crippen LogP contribution in [0.2, 0.25) is 0 Å². The molecule has 6 heteroatoms. The molecule has 0 fully saturated rings. The van der Waals surface area contributed by atoms with Crippen molar-refractivity contribution in [2.45, 2.75) is 90.9 Å². The van der Waals surface area contributed by atoms with Crippen LogP contribution in [0.5, 0.6) is 0 Å². The van der Waals surface area contributed by atoms with Crippen molar-refractivity contribution in [2.75, 3.05) is 6.61 Å². The van der Waals surface area contributed by atoms with Crippen molar-refractivity contribution in [3.8, 4) is 0 Å². The molecule has 0 saturated carbocycles. The van der Waals surface area contributed by atoms with Crippen molar-refractivity contribution in [3.63, 3.8) is 0 Å². The van der Waals surface area contributed by atoms with Gasteiger partial charge in [0.1, 0.15) is 0 Å². The maximum Gasteiger partial charge on any atom is 2.00 e. The van der Waals surface area contributed by atoms with E-state index in [1.165, 1.54) is 51.4 Å². The largest absolute Gasteiger partial charge is 2.00 e. The summed E-state index contributed by atoms with van der Waals surface area (Å²) in [5, 5.41) is 0. The van der Waals surface area contributed by atoms with Gasteiger partial charge < -0.3 is 18.9 Å². The number of hydrogen-bond donors (Lipinski definition) is 0. The van der Waals surface area contributed by atoms with Gasteiger partial charge in [0.05, 0.1) is 14.4 Å². The molecule has 0 rings (SSSR count). The zero-order chi connectivity index (χ0) is 16.0. The van der Waals surface area contributed by atoms with Crippen LogP contribution >= 0.6 is 7.82 Å². The molecule has 0 aliphatic heterocycles. The molecule has 1 atom stereocenters. The van der Waals surface area contributed by atoms with Crippen molar-refractivity contribution in [1.29, 1.82) is 0 Å². The van der Waals surface area contributed by atoms with Crippen LogP contribution in [-0.2, 0) is 9.09 Å². The van der Waals surface area contributed by atoms with Crippen LogP contribution in [0.1, 0.15) is 90.9 Å². The summed E-state index contributed by atoms with van der Waals surface area (Å²) >= 11 is 0. The van der Waals surface area contributed by atoms with Gasteiger partial charge in [0, 0.05) is 0 Å². The molecule has 4 nitrogen and oxygen atoms in total. The Hall–Kier alpha value is 0.876. The Kier molecular flexibility index (Phi) is 19.1. The molecule has 0 saturated heterocycles. The summed E-state index contributed by atoms with van der Waals surface area (Å²) in [6, 6.07) is 0. The Bertz CT molecular complexity index is 271. The van der Waals surface area contributed by atoms with Gasteiger partial charge in [-0.3, -0.25) is 0 Å². The molecule has 0 heterocycles. The van der Waals surface area contributed by atoms with Gasteiger partial charge in [0.15, 0.2) is 0 Å². The van der Waals surface area contributed by atoms with E-state index >= 15 is 0 Å². The quantitative estimate of drug-likeness (QED) is 0.257. The van der Waals surface area contributed by atoms with E-state index in [9.17, 15) is 14.4 Å². The minimum absolute atomic E-state index is 0. The maximum atomic E-state index is 10.6. The first kappa shape index (κ1) is 25.1. The molecule has 0 spiro atoms. The predicted octanol–water partition coefficient (Wildman–Crippen LogP) is 3.79. The van der Waals surface area contributed by atoms with Gasteiger partial charge >= 0.3 is 23.1 Å². The molecule has 0 aromatic rings. The standard InChI is InChI=1S/C16H35O4P.Mg/c1-3-5-7-9-10-12-14-16(13-11-8-6-4-2)15-20-21(17,18)19;/h16H,3-15H2,1-2H3,(H2,17,18,19);/q;+2/p-2. The molecule has 0 aliphatic rings. The van der Waals surface area contributed by atoms with Gasteiger partial charge in [-0.15, -0.1) is 0 Å². The minimum Gasteiger partial charge on any atom is -0.790 e. The fourth-order valence-electron chi connectivity index (χ4n) is 2.58. The minimum atomic E-state index is -4.82. The van der Waals surface area contributed by atoms with Crippen LogP contribution in [0, 0.1) is 5.92 Å². The molecule has 1 unspecified atom stereocenters. The van der Waals surface area contributed by atoms with Crippen molar-refractivity contribution in [2.24, 2.45) is 5.92 Å². The van der Waals surface area contributed by atoms with Crippen LogP contribution in [-0.4, -0.2) is 29.7 Å². The Morgan fingerprint density at radius 1 is 0.818 bits per heavy atom. The summed E-state index contributed by atoms with van der Waals surface area (Å²) < 4.78 is 15.1. The van der Waals surface area contributed by atoms with Crippen molar-refractivity contribution >= 4 is 30.9 Å². The summed E-state index contributed by atoms with van der Waals surface area (Å²) in [6.07, 6.45) is 14.0. The maximum absolute atomic E-state index is 10.6. The molecule has 0 bridgehead atoms. The molecule has 0 aliphatic carbocycles. The van der Waals surface area contributed by atoms with Crippen LogP contribution in [0.15, 0.2) is 0 Å². The molecule has 0 N–H and O–H groups in total. The number of hydrogen-bond acceptors (Lipinski definition) is 4. The van der Waals surface area contributed by atoms with Gasteiger partial charge in [0.2, 0.25) is 0 Å².